The first-order chi connectivity index (χ1) is 7.99. The maximum atomic E-state index is 10.5. The standard InChI is InChI=1S/C13H18ClNO2/c1-9(6-7-13(16)17)15-10(2)11-4-3-5-12(14)8-11/h3-5,8-10,15H,6-7H2,1-2H3,(H,16,17). The third-order valence-electron chi connectivity index (χ3n) is 2.67. The van der Waals surface area contributed by atoms with Crippen LogP contribution in [0.4, 0.5) is 0 Å². The molecule has 0 saturated heterocycles. The fourth-order valence-electron chi connectivity index (χ4n) is 1.72. The first kappa shape index (κ1) is 14.0. The molecule has 0 aliphatic carbocycles. The zero-order valence-corrected chi connectivity index (χ0v) is 10.9. The van der Waals surface area contributed by atoms with Gasteiger partial charge in [0.2, 0.25) is 0 Å². The fourth-order valence-corrected chi connectivity index (χ4v) is 1.92. The van der Waals surface area contributed by atoms with Gasteiger partial charge < -0.3 is 10.4 Å². The van der Waals surface area contributed by atoms with Crippen molar-refractivity contribution in [1.82, 2.24) is 5.32 Å². The van der Waals surface area contributed by atoms with Gasteiger partial charge >= 0.3 is 5.97 Å². The Balaban J connectivity index is 2.48. The summed E-state index contributed by atoms with van der Waals surface area (Å²) in [6, 6.07) is 8.01. The number of halogens is 1. The van der Waals surface area contributed by atoms with Crippen LogP contribution in [0.5, 0.6) is 0 Å². The number of hydrogen-bond donors (Lipinski definition) is 2. The van der Waals surface area contributed by atoms with Crippen molar-refractivity contribution < 1.29 is 9.90 Å². The smallest absolute Gasteiger partial charge is 0.303 e. The Bertz CT molecular complexity index is 381. The van der Waals surface area contributed by atoms with Gasteiger partial charge in [0.25, 0.3) is 0 Å². The third kappa shape index (κ3) is 5.20. The van der Waals surface area contributed by atoms with Crippen molar-refractivity contribution >= 4 is 17.6 Å². The van der Waals surface area contributed by atoms with Crippen molar-refractivity contribution in [3.63, 3.8) is 0 Å². The van der Waals surface area contributed by atoms with Gasteiger partial charge in [-0.1, -0.05) is 23.7 Å². The van der Waals surface area contributed by atoms with Gasteiger partial charge in [-0.15, -0.1) is 0 Å². The largest absolute Gasteiger partial charge is 0.481 e. The van der Waals surface area contributed by atoms with Crippen molar-refractivity contribution in [3.05, 3.63) is 34.9 Å². The van der Waals surface area contributed by atoms with Gasteiger partial charge in [-0.05, 0) is 38.0 Å². The van der Waals surface area contributed by atoms with E-state index in [1.165, 1.54) is 0 Å². The van der Waals surface area contributed by atoms with Crippen LogP contribution >= 0.6 is 11.6 Å². The van der Waals surface area contributed by atoms with Crippen molar-refractivity contribution in [3.8, 4) is 0 Å². The van der Waals surface area contributed by atoms with E-state index in [1.807, 2.05) is 38.1 Å². The Morgan fingerprint density at radius 2 is 2.18 bits per heavy atom. The zero-order valence-electron chi connectivity index (χ0n) is 10.1. The van der Waals surface area contributed by atoms with Gasteiger partial charge in [0.1, 0.15) is 0 Å². The molecule has 1 aromatic carbocycles. The van der Waals surface area contributed by atoms with E-state index in [1.54, 1.807) is 0 Å². The molecule has 0 amide bonds. The minimum atomic E-state index is -0.756. The Kier molecular flexibility index (Phi) is 5.45. The highest BCUT2D eigenvalue weighted by molar-refractivity contribution is 6.30. The lowest BCUT2D eigenvalue weighted by Crippen LogP contribution is -2.29. The van der Waals surface area contributed by atoms with Gasteiger partial charge in [-0.25, -0.2) is 0 Å². The molecule has 0 aliphatic rings. The molecule has 2 unspecified atom stereocenters. The van der Waals surface area contributed by atoms with Crippen LogP contribution in [-0.4, -0.2) is 17.1 Å². The van der Waals surface area contributed by atoms with Crippen molar-refractivity contribution in [2.24, 2.45) is 0 Å². The summed E-state index contributed by atoms with van der Waals surface area (Å²) in [6.45, 7) is 4.03. The van der Waals surface area contributed by atoms with E-state index >= 15 is 0 Å². The number of nitrogens with one attached hydrogen (secondary N) is 1. The minimum Gasteiger partial charge on any atom is -0.481 e. The molecular formula is C13H18ClNO2. The predicted octanol–water partition coefficient (Wildman–Crippen LogP) is 3.24. The topological polar surface area (TPSA) is 49.3 Å². The lowest BCUT2D eigenvalue weighted by Gasteiger charge is -2.20. The average molecular weight is 256 g/mol. The molecule has 0 radical (unpaired) electrons. The van der Waals surface area contributed by atoms with E-state index in [9.17, 15) is 4.79 Å². The second kappa shape index (κ2) is 6.62. The first-order valence-electron chi connectivity index (χ1n) is 5.72. The van der Waals surface area contributed by atoms with E-state index in [2.05, 4.69) is 5.32 Å². The molecule has 94 valence electrons. The fraction of sp³-hybridized carbons (Fsp3) is 0.462. The van der Waals surface area contributed by atoms with Crippen LogP contribution in [0.1, 0.15) is 38.3 Å². The summed E-state index contributed by atoms with van der Waals surface area (Å²) in [5.41, 5.74) is 1.11. The number of hydrogen-bond acceptors (Lipinski definition) is 2. The normalized spacial score (nSPS) is 14.3. The van der Waals surface area contributed by atoms with Crippen molar-refractivity contribution in [1.29, 1.82) is 0 Å². The first-order valence-corrected chi connectivity index (χ1v) is 6.10. The summed E-state index contributed by atoms with van der Waals surface area (Å²) in [6.07, 6.45) is 0.816. The molecule has 1 aromatic rings. The molecule has 17 heavy (non-hydrogen) atoms. The molecule has 0 saturated carbocycles. The minimum absolute atomic E-state index is 0.164. The molecule has 3 nitrogen and oxygen atoms in total. The van der Waals surface area contributed by atoms with Crippen LogP contribution < -0.4 is 5.32 Å². The van der Waals surface area contributed by atoms with E-state index in [-0.39, 0.29) is 18.5 Å². The highest BCUT2D eigenvalue weighted by atomic mass is 35.5. The molecule has 0 bridgehead atoms. The summed E-state index contributed by atoms with van der Waals surface area (Å²) in [5.74, 6) is -0.756. The molecule has 0 heterocycles. The maximum Gasteiger partial charge on any atom is 0.303 e. The molecule has 2 N–H and O–H groups in total. The molecule has 0 spiro atoms. The Labute approximate surface area is 107 Å². The average Bonchev–Trinajstić information content (AvgIpc) is 2.26. The lowest BCUT2D eigenvalue weighted by molar-refractivity contribution is -0.137. The van der Waals surface area contributed by atoms with Crippen LogP contribution in [0.15, 0.2) is 24.3 Å². The van der Waals surface area contributed by atoms with E-state index in [0.717, 1.165) is 5.56 Å². The third-order valence-corrected chi connectivity index (χ3v) is 2.91. The number of carbonyl (C=O) groups is 1. The molecule has 0 aliphatic heterocycles. The van der Waals surface area contributed by atoms with E-state index < -0.39 is 5.97 Å². The van der Waals surface area contributed by atoms with Gasteiger partial charge in [0.05, 0.1) is 0 Å². The van der Waals surface area contributed by atoms with Crippen molar-refractivity contribution in [2.45, 2.75) is 38.8 Å². The Morgan fingerprint density at radius 3 is 2.76 bits per heavy atom. The SMILES string of the molecule is CC(CCC(=O)O)NC(C)c1cccc(Cl)c1. The Hall–Kier alpha value is -1.06. The van der Waals surface area contributed by atoms with E-state index in [4.69, 9.17) is 16.7 Å². The number of carboxylic acids is 1. The summed E-state index contributed by atoms with van der Waals surface area (Å²) in [7, 11) is 0. The molecular weight excluding hydrogens is 238 g/mol. The molecule has 1 rings (SSSR count). The lowest BCUT2D eigenvalue weighted by atomic mass is 10.1. The second-order valence-corrected chi connectivity index (χ2v) is 4.71. The van der Waals surface area contributed by atoms with Crippen LogP contribution in [0.3, 0.4) is 0 Å². The molecule has 0 fully saturated rings. The monoisotopic (exact) mass is 255 g/mol. The number of benzene rings is 1. The second-order valence-electron chi connectivity index (χ2n) is 4.28. The van der Waals surface area contributed by atoms with Crippen LogP contribution in [0.25, 0.3) is 0 Å². The zero-order chi connectivity index (χ0) is 12.8. The Morgan fingerprint density at radius 1 is 1.47 bits per heavy atom. The highest BCUT2D eigenvalue weighted by Gasteiger charge is 2.10. The number of carboxylic acid groups (broad SMARTS) is 1. The summed E-state index contributed by atoms with van der Waals surface area (Å²) in [5, 5.41) is 12.7. The van der Waals surface area contributed by atoms with Crippen molar-refractivity contribution in [2.75, 3.05) is 0 Å². The number of rotatable bonds is 6. The predicted molar refractivity (Wildman–Crippen MR) is 69.3 cm³/mol. The van der Waals surface area contributed by atoms with E-state index in [0.29, 0.717) is 11.4 Å². The summed E-state index contributed by atoms with van der Waals surface area (Å²) < 4.78 is 0. The van der Waals surface area contributed by atoms with Gasteiger partial charge in [0.15, 0.2) is 0 Å². The summed E-state index contributed by atoms with van der Waals surface area (Å²) in [4.78, 5) is 10.5. The molecule has 2 atom stereocenters. The van der Waals surface area contributed by atoms with Crippen LogP contribution in [-0.2, 0) is 4.79 Å². The molecule has 0 aromatic heterocycles. The van der Waals surface area contributed by atoms with Gasteiger partial charge in [0, 0.05) is 23.5 Å². The number of aliphatic carboxylic acids is 1. The van der Waals surface area contributed by atoms with Gasteiger partial charge in [-0.2, -0.15) is 0 Å². The summed E-state index contributed by atoms with van der Waals surface area (Å²) >= 11 is 5.92. The van der Waals surface area contributed by atoms with Gasteiger partial charge in [-0.3, -0.25) is 4.79 Å². The maximum absolute atomic E-state index is 10.5. The van der Waals surface area contributed by atoms with Crippen LogP contribution in [0.2, 0.25) is 5.02 Å². The van der Waals surface area contributed by atoms with Crippen LogP contribution in [0, 0.1) is 0 Å². The quantitative estimate of drug-likeness (QED) is 0.820. The highest BCUT2D eigenvalue weighted by Crippen LogP contribution is 2.18. The molecule has 4 heteroatoms.